The first-order chi connectivity index (χ1) is 12.1. The molecule has 2 heterocycles. The van der Waals surface area contributed by atoms with Crippen molar-refractivity contribution in [2.24, 2.45) is 0 Å². The molecule has 128 valence electrons. The molecule has 2 aromatic heterocycles. The molecule has 1 N–H and O–H groups in total. The van der Waals surface area contributed by atoms with Crippen LogP contribution in [-0.4, -0.2) is 28.4 Å². The van der Waals surface area contributed by atoms with Crippen LogP contribution >= 0.6 is 34.7 Å². The summed E-state index contributed by atoms with van der Waals surface area (Å²) in [5.74, 6) is -0.349. The molecule has 0 atom stereocenters. The van der Waals surface area contributed by atoms with Gasteiger partial charge in [0.25, 0.3) is 11.1 Å². The third kappa shape index (κ3) is 4.22. The zero-order valence-electron chi connectivity index (χ0n) is 12.8. The van der Waals surface area contributed by atoms with Crippen LogP contribution in [0.25, 0.3) is 17.5 Å². The number of carbonyl (C=O) groups is 1. The number of hydrogen-bond donors (Lipinski definition) is 1. The number of aliphatic carboxylic acids is 1. The zero-order chi connectivity index (χ0) is 17.8. The van der Waals surface area contributed by atoms with Crippen LogP contribution in [0.3, 0.4) is 0 Å². The van der Waals surface area contributed by atoms with Crippen molar-refractivity contribution >= 4 is 46.7 Å². The van der Waals surface area contributed by atoms with Gasteiger partial charge in [0.05, 0.1) is 12.7 Å². The van der Waals surface area contributed by atoms with Crippen molar-refractivity contribution < 1.29 is 19.1 Å². The molecule has 3 aromatic rings. The van der Waals surface area contributed by atoms with Crippen molar-refractivity contribution in [3.8, 4) is 17.2 Å². The van der Waals surface area contributed by atoms with E-state index in [0.717, 1.165) is 16.6 Å². The number of ether oxygens (including phenoxy) is 1. The van der Waals surface area contributed by atoms with Crippen molar-refractivity contribution in [2.75, 3.05) is 7.11 Å². The number of methoxy groups -OCH3 is 1. The first-order valence-electron chi connectivity index (χ1n) is 6.90. The number of thiophene rings is 1. The first kappa shape index (κ1) is 17.5. The average molecular weight is 395 g/mol. The molecule has 0 radical (unpaired) electrons. The standard InChI is InChI=1S/C16H11ClN2O4S2/c1-22-12-5-4-9(17)7-11(12)14-18-19-16(23-14)25-13(15(20)21)8-10-3-2-6-24-10/h2-8H,1H3,(H,20,21)/b13-8-. The highest BCUT2D eigenvalue weighted by molar-refractivity contribution is 8.03. The number of thioether (sulfide) groups is 1. The summed E-state index contributed by atoms with van der Waals surface area (Å²) in [6.07, 6.45) is 1.56. The molecule has 0 amide bonds. The molecule has 0 fully saturated rings. The molecule has 0 saturated heterocycles. The number of benzene rings is 1. The third-order valence-electron chi connectivity index (χ3n) is 3.02. The van der Waals surface area contributed by atoms with E-state index in [4.69, 9.17) is 20.8 Å². The highest BCUT2D eigenvalue weighted by Gasteiger charge is 2.18. The molecule has 0 aliphatic rings. The van der Waals surface area contributed by atoms with Crippen LogP contribution in [0.1, 0.15) is 4.88 Å². The molecule has 0 saturated carbocycles. The second-order valence-corrected chi connectivity index (χ2v) is 7.06. The van der Waals surface area contributed by atoms with Gasteiger partial charge in [0, 0.05) is 9.90 Å². The van der Waals surface area contributed by atoms with Crippen molar-refractivity contribution in [2.45, 2.75) is 5.22 Å². The molecule has 0 bridgehead atoms. The molecule has 0 unspecified atom stereocenters. The van der Waals surface area contributed by atoms with Crippen LogP contribution in [-0.2, 0) is 4.79 Å². The van der Waals surface area contributed by atoms with E-state index < -0.39 is 5.97 Å². The minimum atomic E-state index is -1.07. The van der Waals surface area contributed by atoms with Crippen LogP contribution in [0.15, 0.2) is 50.3 Å². The normalized spacial score (nSPS) is 11.5. The minimum absolute atomic E-state index is 0.0794. The summed E-state index contributed by atoms with van der Waals surface area (Å²) >= 11 is 8.32. The van der Waals surface area contributed by atoms with Gasteiger partial charge in [0.15, 0.2) is 0 Å². The molecule has 0 aliphatic heterocycles. The van der Waals surface area contributed by atoms with Gasteiger partial charge in [-0.1, -0.05) is 17.7 Å². The van der Waals surface area contributed by atoms with E-state index in [9.17, 15) is 9.90 Å². The van der Waals surface area contributed by atoms with E-state index in [-0.39, 0.29) is 16.0 Å². The van der Waals surface area contributed by atoms with E-state index in [1.54, 1.807) is 24.3 Å². The van der Waals surface area contributed by atoms with Crippen molar-refractivity contribution in [1.29, 1.82) is 0 Å². The highest BCUT2D eigenvalue weighted by Crippen LogP contribution is 2.35. The Hall–Kier alpha value is -2.29. The Labute approximate surface area is 156 Å². The van der Waals surface area contributed by atoms with Crippen LogP contribution in [0.2, 0.25) is 5.02 Å². The first-order valence-corrected chi connectivity index (χ1v) is 8.98. The van der Waals surface area contributed by atoms with Crippen LogP contribution in [0.4, 0.5) is 0 Å². The Morgan fingerprint density at radius 2 is 2.24 bits per heavy atom. The van der Waals surface area contributed by atoms with Gasteiger partial charge < -0.3 is 14.3 Å². The Morgan fingerprint density at radius 1 is 1.40 bits per heavy atom. The quantitative estimate of drug-likeness (QED) is 0.480. The van der Waals surface area contributed by atoms with E-state index in [0.29, 0.717) is 16.3 Å². The summed E-state index contributed by atoms with van der Waals surface area (Å²) < 4.78 is 10.8. The van der Waals surface area contributed by atoms with Crippen LogP contribution in [0, 0.1) is 0 Å². The second-order valence-electron chi connectivity index (χ2n) is 4.65. The van der Waals surface area contributed by atoms with Gasteiger partial charge in [0.1, 0.15) is 10.7 Å². The number of rotatable bonds is 6. The monoisotopic (exact) mass is 394 g/mol. The smallest absolute Gasteiger partial charge is 0.342 e. The van der Waals surface area contributed by atoms with E-state index in [1.807, 2.05) is 17.5 Å². The van der Waals surface area contributed by atoms with Gasteiger partial charge in [-0.05, 0) is 47.5 Å². The average Bonchev–Trinajstić information content (AvgIpc) is 3.26. The van der Waals surface area contributed by atoms with E-state index in [1.165, 1.54) is 18.4 Å². The number of hydrogen-bond acceptors (Lipinski definition) is 7. The number of nitrogens with zero attached hydrogens (tertiary/aromatic N) is 2. The van der Waals surface area contributed by atoms with Gasteiger partial charge in [-0.3, -0.25) is 0 Å². The minimum Gasteiger partial charge on any atom is -0.496 e. The Bertz CT molecular complexity index is 922. The summed E-state index contributed by atoms with van der Waals surface area (Å²) in [7, 11) is 1.52. The van der Waals surface area contributed by atoms with Crippen molar-refractivity contribution in [3.05, 3.63) is 50.5 Å². The molecule has 3 rings (SSSR count). The molecule has 9 heteroatoms. The molecule has 0 spiro atoms. The topological polar surface area (TPSA) is 85.5 Å². The SMILES string of the molecule is COc1ccc(Cl)cc1-c1nnc(S/C(=C\c2cccs2)C(=O)O)o1. The van der Waals surface area contributed by atoms with Gasteiger partial charge in [-0.2, -0.15) is 0 Å². The fraction of sp³-hybridized carbons (Fsp3) is 0.0625. The lowest BCUT2D eigenvalue weighted by atomic mass is 10.2. The van der Waals surface area contributed by atoms with Gasteiger partial charge in [0.2, 0.25) is 0 Å². The largest absolute Gasteiger partial charge is 0.496 e. The molecule has 6 nitrogen and oxygen atoms in total. The number of carboxylic acid groups (broad SMARTS) is 1. The van der Waals surface area contributed by atoms with E-state index in [2.05, 4.69) is 10.2 Å². The number of aromatic nitrogens is 2. The molecule has 25 heavy (non-hydrogen) atoms. The number of carboxylic acids is 1. The van der Waals surface area contributed by atoms with Crippen LogP contribution in [0.5, 0.6) is 5.75 Å². The Balaban J connectivity index is 1.89. The van der Waals surface area contributed by atoms with Crippen molar-refractivity contribution in [1.82, 2.24) is 10.2 Å². The Kier molecular flexibility index (Phi) is 5.42. The zero-order valence-corrected chi connectivity index (χ0v) is 15.2. The lowest BCUT2D eigenvalue weighted by Crippen LogP contribution is -1.96. The molecule has 1 aromatic carbocycles. The maximum atomic E-state index is 11.4. The predicted octanol–water partition coefficient (Wildman–Crippen LogP) is 4.68. The molecular formula is C16H11ClN2O4S2. The fourth-order valence-corrected chi connectivity index (χ4v) is 3.51. The summed E-state index contributed by atoms with van der Waals surface area (Å²) in [4.78, 5) is 12.3. The molecule has 0 aliphatic carbocycles. The maximum Gasteiger partial charge on any atom is 0.342 e. The lowest BCUT2D eigenvalue weighted by Gasteiger charge is -2.04. The number of halogens is 1. The van der Waals surface area contributed by atoms with E-state index >= 15 is 0 Å². The third-order valence-corrected chi connectivity index (χ3v) is 4.93. The molecular weight excluding hydrogens is 384 g/mol. The van der Waals surface area contributed by atoms with Crippen molar-refractivity contribution in [3.63, 3.8) is 0 Å². The summed E-state index contributed by atoms with van der Waals surface area (Å²) in [5, 5.41) is 19.7. The lowest BCUT2D eigenvalue weighted by molar-refractivity contribution is -0.131. The van der Waals surface area contributed by atoms with Gasteiger partial charge in [-0.25, -0.2) is 4.79 Å². The van der Waals surface area contributed by atoms with Gasteiger partial charge in [-0.15, -0.1) is 21.5 Å². The fourth-order valence-electron chi connectivity index (χ4n) is 1.94. The highest BCUT2D eigenvalue weighted by atomic mass is 35.5. The maximum absolute atomic E-state index is 11.4. The Morgan fingerprint density at radius 3 is 2.92 bits per heavy atom. The predicted molar refractivity (Wildman–Crippen MR) is 97.1 cm³/mol. The summed E-state index contributed by atoms with van der Waals surface area (Å²) in [6, 6.07) is 8.68. The second kappa shape index (κ2) is 7.73. The summed E-state index contributed by atoms with van der Waals surface area (Å²) in [6.45, 7) is 0. The van der Waals surface area contributed by atoms with Gasteiger partial charge >= 0.3 is 5.97 Å². The van der Waals surface area contributed by atoms with Crippen LogP contribution < -0.4 is 4.74 Å². The summed E-state index contributed by atoms with van der Waals surface area (Å²) in [5.41, 5.74) is 0.536.